The SMILES string of the molecule is O=C(Cc1ccc(C(=O)NO)cc1)Nc1ccc2ncnc(Nc3ccc(Cl)cc3)c2c1. The molecule has 0 atom stereocenters. The van der Waals surface area contributed by atoms with Gasteiger partial charge in [0.1, 0.15) is 12.1 Å². The lowest BCUT2D eigenvalue weighted by Crippen LogP contribution is -2.18. The van der Waals surface area contributed by atoms with Crippen molar-refractivity contribution in [2.24, 2.45) is 0 Å². The van der Waals surface area contributed by atoms with Gasteiger partial charge in [-0.2, -0.15) is 0 Å². The quantitative estimate of drug-likeness (QED) is 0.258. The molecule has 1 aromatic heterocycles. The Balaban J connectivity index is 1.50. The molecule has 2 amide bonds. The monoisotopic (exact) mass is 447 g/mol. The molecule has 9 heteroatoms. The van der Waals surface area contributed by atoms with Crippen molar-refractivity contribution in [3.05, 3.63) is 89.2 Å². The van der Waals surface area contributed by atoms with Crippen LogP contribution in [0.5, 0.6) is 0 Å². The van der Waals surface area contributed by atoms with Crippen LogP contribution in [0, 0.1) is 0 Å². The number of benzene rings is 3. The average Bonchev–Trinajstić information content (AvgIpc) is 2.81. The van der Waals surface area contributed by atoms with Crippen LogP contribution in [-0.4, -0.2) is 27.0 Å². The third-order valence-electron chi connectivity index (χ3n) is 4.71. The molecule has 0 aliphatic rings. The van der Waals surface area contributed by atoms with Crippen molar-refractivity contribution in [1.29, 1.82) is 0 Å². The molecule has 0 saturated carbocycles. The number of nitrogens with zero attached hydrogens (tertiary/aromatic N) is 2. The fourth-order valence-electron chi connectivity index (χ4n) is 3.13. The van der Waals surface area contributed by atoms with Gasteiger partial charge >= 0.3 is 0 Å². The number of aromatic nitrogens is 2. The van der Waals surface area contributed by atoms with Crippen LogP contribution in [0.2, 0.25) is 5.02 Å². The molecule has 160 valence electrons. The molecule has 0 spiro atoms. The van der Waals surface area contributed by atoms with Gasteiger partial charge in [0.15, 0.2) is 0 Å². The minimum atomic E-state index is -0.609. The molecule has 0 unspecified atom stereocenters. The minimum Gasteiger partial charge on any atom is -0.340 e. The molecule has 8 nitrogen and oxygen atoms in total. The van der Waals surface area contributed by atoms with Crippen molar-refractivity contribution in [3.8, 4) is 0 Å². The van der Waals surface area contributed by atoms with E-state index in [4.69, 9.17) is 16.8 Å². The number of hydrogen-bond acceptors (Lipinski definition) is 6. The first-order valence-corrected chi connectivity index (χ1v) is 10.0. The fraction of sp³-hybridized carbons (Fsp3) is 0.0435. The van der Waals surface area contributed by atoms with E-state index < -0.39 is 5.91 Å². The number of hydrogen-bond donors (Lipinski definition) is 4. The number of hydroxylamine groups is 1. The molecule has 1 heterocycles. The summed E-state index contributed by atoms with van der Waals surface area (Å²) in [5.74, 6) is -0.221. The van der Waals surface area contributed by atoms with E-state index in [1.54, 1.807) is 41.9 Å². The Kier molecular flexibility index (Phi) is 6.25. The standard InChI is InChI=1S/C23H18ClN5O3/c24-16-5-7-17(8-6-16)28-22-19-12-18(9-10-20(19)25-13-26-22)27-21(30)11-14-1-3-15(4-2-14)23(31)29-32/h1-10,12-13,32H,11H2,(H,27,30)(H,29,31)(H,25,26,28). The van der Waals surface area contributed by atoms with E-state index >= 15 is 0 Å². The predicted octanol–water partition coefficient (Wildman–Crippen LogP) is 4.33. The first kappa shape index (κ1) is 21.2. The number of fused-ring (bicyclic) bond motifs is 1. The summed E-state index contributed by atoms with van der Waals surface area (Å²) in [7, 11) is 0. The van der Waals surface area contributed by atoms with Gasteiger partial charge in [-0.05, 0) is 60.2 Å². The Bertz CT molecular complexity index is 1280. The second kappa shape index (κ2) is 9.42. The van der Waals surface area contributed by atoms with Gasteiger partial charge in [-0.25, -0.2) is 15.4 Å². The summed E-state index contributed by atoms with van der Waals surface area (Å²) < 4.78 is 0. The highest BCUT2D eigenvalue weighted by atomic mass is 35.5. The zero-order valence-corrected chi connectivity index (χ0v) is 17.4. The number of amides is 2. The van der Waals surface area contributed by atoms with Crippen molar-refractivity contribution in [3.63, 3.8) is 0 Å². The van der Waals surface area contributed by atoms with Crippen molar-refractivity contribution in [1.82, 2.24) is 15.4 Å². The maximum absolute atomic E-state index is 12.5. The number of carbonyl (C=O) groups excluding carboxylic acids is 2. The van der Waals surface area contributed by atoms with Crippen molar-refractivity contribution < 1.29 is 14.8 Å². The first-order valence-electron chi connectivity index (χ1n) is 9.62. The summed E-state index contributed by atoms with van der Waals surface area (Å²) in [6.45, 7) is 0. The number of nitrogens with one attached hydrogen (secondary N) is 3. The topological polar surface area (TPSA) is 116 Å². The molecule has 0 fully saturated rings. The Hall–Kier alpha value is -4.01. The van der Waals surface area contributed by atoms with E-state index in [9.17, 15) is 9.59 Å². The number of anilines is 3. The Morgan fingerprint density at radius 2 is 1.62 bits per heavy atom. The van der Waals surface area contributed by atoms with E-state index in [0.29, 0.717) is 22.1 Å². The van der Waals surface area contributed by atoms with Crippen molar-refractivity contribution >= 4 is 51.5 Å². The highest BCUT2D eigenvalue weighted by Gasteiger charge is 2.10. The molecule has 3 aromatic carbocycles. The predicted molar refractivity (Wildman–Crippen MR) is 122 cm³/mol. The largest absolute Gasteiger partial charge is 0.340 e. The van der Waals surface area contributed by atoms with E-state index in [-0.39, 0.29) is 12.3 Å². The Morgan fingerprint density at radius 3 is 2.34 bits per heavy atom. The van der Waals surface area contributed by atoms with E-state index in [1.165, 1.54) is 18.5 Å². The second-order valence-electron chi connectivity index (χ2n) is 6.95. The molecule has 0 aliphatic heterocycles. The highest BCUT2D eigenvalue weighted by molar-refractivity contribution is 6.30. The van der Waals surface area contributed by atoms with Gasteiger partial charge in [-0.3, -0.25) is 14.8 Å². The molecular weight excluding hydrogens is 430 g/mol. The maximum Gasteiger partial charge on any atom is 0.274 e. The number of rotatable bonds is 6. The zero-order valence-electron chi connectivity index (χ0n) is 16.7. The molecule has 0 radical (unpaired) electrons. The van der Waals surface area contributed by atoms with Gasteiger partial charge < -0.3 is 10.6 Å². The fourth-order valence-corrected chi connectivity index (χ4v) is 3.26. The van der Waals surface area contributed by atoms with Crippen LogP contribution in [0.25, 0.3) is 10.9 Å². The van der Waals surface area contributed by atoms with Crippen LogP contribution >= 0.6 is 11.6 Å². The molecular formula is C23H18ClN5O3. The summed E-state index contributed by atoms with van der Waals surface area (Å²) in [6, 6.07) is 19.0. The van der Waals surface area contributed by atoms with Gasteiger partial charge in [-0.1, -0.05) is 23.7 Å². The molecule has 0 saturated heterocycles. The summed E-state index contributed by atoms with van der Waals surface area (Å²) in [5, 5.41) is 16.2. The smallest absolute Gasteiger partial charge is 0.274 e. The van der Waals surface area contributed by atoms with Gasteiger partial charge in [0.25, 0.3) is 5.91 Å². The normalized spacial score (nSPS) is 10.6. The van der Waals surface area contributed by atoms with Crippen molar-refractivity contribution in [2.45, 2.75) is 6.42 Å². The highest BCUT2D eigenvalue weighted by Crippen LogP contribution is 2.26. The third-order valence-corrected chi connectivity index (χ3v) is 4.96. The van der Waals surface area contributed by atoms with Crippen LogP contribution < -0.4 is 16.1 Å². The van der Waals surface area contributed by atoms with E-state index in [1.807, 2.05) is 18.2 Å². The maximum atomic E-state index is 12.5. The van der Waals surface area contributed by atoms with Gasteiger partial charge in [-0.15, -0.1) is 0 Å². The van der Waals surface area contributed by atoms with E-state index in [2.05, 4.69) is 20.6 Å². The zero-order chi connectivity index (χ0) is 22.5. The molecule has 4 rings (SSSR count). The first-order chi connectivity index (χ1) is 15.5. The molecule has 4 aromatic rings. The van der Waals surface area contributed by atoms with Crippen LogP contribution in [0.4, 0.5) is 17.2 Å². The van der Waals surface area contributed by atoms with Crippen LogP contribution in [0.15, 0.2) is 73.1 Å². The van der Waals surface area contributed by atoms with Gasteiger partial charge in [0, 0.05) is 27.3 Å². The van der Waals surface area contributed by atoms with Crippen LogP contribution in [-0.2, 0) is 11.2 Å². The molecule has 0 bridgehead atoms. The summed E-state index contributed by atoms with van der Waals surface area (Å²) in [4.78, 5) is 32.5. The van der Waals surface area contributed by atoms with Gasteiger partial charge in [0.05, 0.1) is 11.9 Å². The lowest BCUT2D eigenvalue weighted by molar-refractivity contribution is -0.115. The van der Waals surface area contributed by atoms with Crippen LogP contribution in [0.1, 0.15) is 15.9 Å². The van der Waals surface area contributed by atoms with Crippen LogP contribution in [0.3, 0.4) is 0 Å². The second-order valence-corrected chi connectivity index (χ2v) is 7.39. The third kappa shape index (κ3) is 5.00. The summed E-state index contributed by atoms with van der Waals surface area (Å²) in [6.07, 6.45) is 1.60. The lowest BCUT2D eigenvalue weighted by Gasteiger charge is -2.11. The Labute approximate surface area is 188 Å². The number of carbonyl (C=O) groups is 2. The number of halogens is 1. The lowest BCUT2D eigenvalue weighted by atomic mass is 10.1. The average molecular weight is 448 g/mol. The summed E-state index contributed by atoms with van der Waals surface area (Å²) >= 11 is 5.94. The van der Waals surface area contributed by atoms with Crippen molar-refractivity contribution in [2.75, 3.05) is 10.6 Å². The van der Waals surface area contributed by atoms with E-state index in [0.717, 1.165) is 22.2 Å². The Morgan fingerprint density at radius 1 is 0.906 bits per heavy atom. The molecule has 4 N–H and O–H groups in total. The summed E-state index contributed by atoms with van der Waals surface area (Å²) in [5.41, 5.74) is 4.75. The molecule has 0 aliphatic carbocycles. The molecule has 32 heavy (non-hydrogen) atoms. The minimum absolute atomic E-state index is 0.125. The van der Waals surface area contributed by atoms with Gasteiger partial charge in [0.2, 0.25) is 5.91 Å².